The van der Waals surface area contributed by atoms with Crippen molar-refractivity contribution in [1.29, 1.82) is 0 Å². The van der Waals surface area contributed by atoms with Crippen LogP contribution in [0.1, 0.15) is 60.6 Å². The molecular formula is C23H25F2N7O3. The van der Waals surface area contributed by atoms with E-state index in [2.05, 4.69) is 25.4 Å². The van der Waals surface area contributed by atoms with E-state index < -0.39 is 18.0 Å². The Morgan fingerprint density at radius 3 is 2.63 bits per heavy atom. The van der Waals surface area contributed by atoms with Gasteiger partial charge in [0.25, 0.3) is 12.3 Å². The molecule has 1 amide bonds. The fraction of sp³-hybridized carbons (Fsp3) is 0.522. The van der Waals surface area contributed by atoms with E-state index in [1.54, 1.807) is 6.20 Å². The Bertz CT molecular complexity index is 1250. The van der Waals surface area contributed by atoms with Crippen molar-refractivity contribution in [3.05, 3.63) is 35.9 Å². The van der Waals surface area contributed by atoms with Crippen LogP contribution >= 0.6 is 0 Å². The zero-order valence-electron chi connectivity index (χ0n) is 18.9. The van der Waals surface area contributed by atoms with Gasteiger partial charge in [0.05, 0.1) is 43.2 Å². The van der Waals surface area contributed by atoms with E-state index in [0.29, 0.717) is 44.5 Å². The highest BCUT2D eigenvalue weighted by atomic mass is 19.3. The molecule has 2 bridgehead atoms. The van der Waals surface area contributed by atoms with Crippen LogP contribution in [-0.2, 0) is 9.53 Å². The predicted octanol–water partition coefficient (Wildman–Crippen LogP) is 3.02. The van der Waals surface area contributed by atoms with Crippen LogP contribution in [0.4, 0.5) is 20.3 Å². The maximum absolute atomic E-state index is 13.8. The Morgan fingerprint density at radius 2 is 1.94 bits per heavy atom. The SMILES string of the molecule is O=C[C@H]1CC[C@H](n2cc(NC(=O)c3cnn4ccc(N5C6COCC5C6)nc34)c(C(F)F)n2)CC1. The van der Waals surface area contributed by atoms with Gasteiger partial charge in [0.2, 0.25) is 0 Å². The van der Waals surface area contributed by atoms with Crippen molar-refractivity contribution >= 4 is 29.3 Å². The summed E-state index contributed by atoms with van der Waals surface area (Å²) in [5, 5.41) is 10.9. The molecule has 5 heterocycles. The van der Waals surface area contributed by atoms with Gasteiger partial charge >= 0.3 is 0 Å². The number of aromatic nitrogens is 5. The highest BCUT2D eigenvalue weighted by Crippen LogP contribution is 2.36. The maximum atomic E-state index is 13.8. The van der Waals surface area contributed by atoms with E-state index in [9.17, 15) is 18.4 Å². The second-order valence-corrected chi connectivity index (χ2v) is 9.47. The van der Waals surface area contributed by atoms with Crippen molar-refractivity contribution in [2.24, 2.45) is 5.92 Å². The first kappa shape index (κ1) is 22.1. The number of nitrogens with zero attached hydrogens (tertiary/aromatic N) is 6. The summed E-state index contributed by atoms with van der Waals surface area (Å²) < 4.78 is 36.0. The molecule has 1 aliphatic carbocycles. The van der Waals surface area contributed by atoms with Crippen molar-refractivity contribution in [2.75, 3.05) is 23.4 Å². The van der Waals surface area contributed by atoms with Crippen molar-refractivity contribution in [3.63, 3.8) is 0 Å². The van der Waals surface area contributed by atoms with E-state index in [1.165, 1.54) is 21.6 Å². The Labute approximate surface area is 199 Å². The minimum Gasteiger partial charge on any atom is -0.377 e. The number of fused-ring (bicyclic) bond motifs is 3. The maximum Gasteiger partial charge on any atom is 0.284 e. The molecule has 2 saturated heterocycles. The number of nitrogens with one attached hydrogen (secondary N) is 1. The molecule has 0 radical (unpaired) electrons. The minimum absolute atomic E-state index is 0.00641. The van der Waals surface area contributed by atoms with Crippen LogP contribution in [0.25, 0.3) is 5.65 Å². The van der Waals surface area contributed by atoms with Gasteiger partial charge < -0.3 is 19.7 Å². The van der Waals surface area contributed by atoms with Crippen LogP contribution in [0.5, 0.6) is 0 Å². The number of anilines is 2. The lowest BCUT2D eigenvalue weighted by Gasteiger charge is -2.53. The Balaban J connectivity index is 1.25. The zero-order valence-corrected chi connectivity index (χ0v) is 18.9. The van der Waals surface area contributed by atoms with E-state index in [0.717, 1.165) is 18.5 Å². The third kappa shape index (κ3) is 3.85. The number of hydrogen-bond donors (Lipinski definition) is 1. The van der Waals surface area contributed by atoms with Gasteiger partial charge in [0, 0.05) is 18.3 Å². The highest BCUT2D eigenvalue weighted by Gasteiger charge is 2.43. The molecule has 0 spiro atoms. The number of aldehydes is 1. The summed E-state index contributed by atoms with van der Waals surface area (Å²) in [7, 11) is 0. The van der Waals surface area contributed by atoms with Crippen molar-refractivity contribution < 1.29 is 23.1 Å². The molecule has 3 aromatic rings. The first-order chi connectivity index (χ1) is 17.0. The molecule has 12 heteroatoms. The normalized spacial score (nSPS) is 26.1. The predicted molar refractivity (Wildman–Crippen MR) is 121 cm³/mol. The zero-order chi connectivity index (χ0) is 24.1. The summed E-state index contributed by atoms with van der Waals surface area (Å²) in [6, 6.07) is 2.30. The number of hydrogen-bond acceptors (Lipinski definition) is 7. The molecule has 2 unspecified atom stereocenters. The Kier molecular flexibility index (Phi) is 5.47. The highest BCUT2D eigenvalue weighted by molar-refractivity contribution is 6.08. The van der Waals surface area contributed by atoms with Gasteiger partial charge in [0.15, 0.2) is 11.3 Å². The molecule has 3 aromatic heterocycles. The lowest BCUT2D eigenvalue weighted by Crippen LogP contribution is -2.64. The Morgan fingerprint density at radius 1 is 1.17 bits per heavy atom. The quantitative estimate of drug-likeness (QED) is 0.535. The van der Waals surface area contributed by atoms with Gasteiger partial charge in [0.1, 0.15) is 17.7 Å². The van der Waals surface area contributed by atoms with E-state index in [1.807, 2.05) is 6.07 Å². The number of alkyl halides is 2. The number of halogens is 2. The lowest BCUT2D eigenvalue weighted by atomic mass is 9.87. The van der Waals surface area contributed by atoms with Gasteiger partial charge in [-0.05, 0) is 38.2 Å². The summed E-state index contributed by atoms with van der Waals surface area (Å²) >= 11 is 0. The first-order valence-corrected chi connectivity index (χ1v) is 11.9. The summed E-state index contributed by atoms with van der Waals surface area (Å²) in [6.45, 7) is 1.29. The lowest BCUT2D eigenvalue weighted by molar-refractivity contribution is -0.112. The van der Waals surface area contributed by atoms with Gasteiger partial charge in [-0.1, -0.05) is 0 Å². The minimum atomic E-state index is -2.85. The van der Waals surface area contributed by atoms with Crippen molar-refractivity contribution in [2.45, 2.75) is 56.7 Å². The number of ether oxygens (including phenoxy) is 1. The third-order valence-corrected chi connectivity index (χ3v) is 7.34. The van der Waals surface area contributed by atoms with Gasteiger partial charge in [-0.3, -0.25) is 9.48 Å². The Hall–Kier alpha value is -3.41. The van der Waals surface area contributed by atoms with E-state index >= 15 is 0 Å². The molecule has 3 aliphatic rings. The fourth-order valence-corrected chi connectivity index (χ4v) is 5.42. The monoisotopic (exact) mass is 485 g/mol. The van der Waals surface area contributed by atoms with Crippen LogP contribution in [0.3, 0.4) is 0 Å². The van der Waals surface area contributed by atoms with Crippen LogP contribution in [-0.4, -0.2) is 61.9 Å². The number of amides is 1. The average molecular weight is 485 g/mol. The summed E-state index contributed by atoms with van der Waals surface area (Å²) in [6.07, 6.45) is 6.47. The van der Waals surface area contributed by atoms with Crippen LogP contribution in [0, 0.1) is 5.92 Å². The molecule has 35 heavy (non-hydrogen) atoms. The molecule has 3 fully saturated rings. The smallest absolute Gasteiger partial charge is 0.284 e. The molecule has 1 saturated carbocycles. The molecule has 0 aromatic carbocycles. The second kappa shape index (κ2) is 8.67. The van der Waals surface area contributed by atoms with Crippen LogP contribution in [0.2, 0.25) is 0 Å². The number of carbonyl (C=O) groups is 2. The summed E-state index contributed by atoms with van der Waals surface area (Å²) in [4.78, 5) is 31.0. The number of rotatable bonds is 6. The molecule has 2 atom stereocenters. The van der Waals surface area contributed by atoms with Gasteiger partial charge in [-0.15, -0.1) is 0 Å². The fourth-order valence-electron chi connectivity index (χ4n) is 5.42. The van der Waals surface area contributed by atoms with Crippen LogP contribution < -0.4 is 10.2 Å². The molecular weight excluding hydrogens is 460 g/mol. The third-order valence-electron chi connectivity index (χ3n) is 7.34. The molecule has 184 valence electrons. The van der Waals surface area contributed by atoms with Crippen LogP contribution in [0.15, 0.2) is 24.7 Å². The largest absolute Gasteiger partial charge is 0.377 e. The topological polar surface area (TPSA) is 107 Å². The standard InChI is InChI=1S/C23H25F2N7O3/c24-21(25)20-18(9-31(29-20)14-3-1-13(10-33)2-4-14)27-23(34)17-8-26-30-6-5-19(28-22(17)30)32-15-7-16(32)12-35-11-15/h5-6,8-10,13-16,21H,1-4,7,11-12H2,(H,27,34)/t13-,14-,15?,16?. The molecule has 6 rings (SSSR count). The summed E-state index contributed by atoms with van der Waals surface area (Å²) in [5.41, 5.74) is 0.0270. The van der Waals surface area contributed by atoms with E-state index in [-0.39, 0.29) is 35.3 Å². The first-order valence-electron chi connectivity index (χ1n) is 11.9. The molecule has 2 aliphatic heterocycles. The van der Waals surface area contributed by atoms with Gasteiger partial charge in [-0.2, -0.15) is 10.2 Å². The average Bonchev–Trinajstić information content (AvgIpc) is 3.49. The molecule has 10 nitrogen and oxygen atoms in total. The molecule has 1 N–H and O–H groups in total. The van der Waals surface area contributed by atoms with Crippen molar-refractivity contribution in [3.8, 4) is 0 Å². The van der Waals surface area contributed by atoms with E-state index in [4.69, 9.17) is 4.74 Å². The van der Waals surface area contributed by atoms with Crippen molar-refractivity contribution in [1.82, 2.24) is 24.4 Å². The summed E-state index contributed by atoms with van der Waals surface area (Å²) in [5.74, 6) is 0.165. The second-order valence-electron chi connectivity index (χ2n) is 9.47. The number of morpholine rings is 1. The van der Waals surface area contributed by atoms with Gasteiger partial charge in [-0.25, -0.2) is 18.3 Å². The number of carbonyl (C=O) groups excluding carboxylic acids is 2.